The molecular weight excluding hydrogens is 621 g/mol. The van der Waals surface area contributed by atoms with Gasteiger partial charge in [0, 0.05) is 31.0 Å². The Balaban J connectivity index is 1.29. The van der Waals surface area contributed by atoms with Crippen molar-refractivity contribution in [3.05, 3.63) is 181 Å². The molecular formula is C49H34S. The molecule has 0 spiro atoms. The van der Waals surface area contributed by atoms with E-state index in [1.807, 2.05) is 11.3 Å². The van der Waals surface area contributed by atoms with Gasteiger partial charge in [0.15, 0.2) is 0 Å². The minimum atomic E-state index is -0.146. The molecule has 1 aliphatic rings. The van der Waals surface area contributed by atoms with Gasteiger partial charge in [-0.1, -0.05) is 172 Å². The molecule has 0 atom stereocenters. The van der Waals surface area contributed by atoms with Crippen LogP contribution in [0.3, 0.4) is 0 Å². The van der Waals surface area contributed by atoms with Crippen LogP contribution in [0, 0.1) is 0 Å². The maximum atomic E-state index is 2.48. The van der Waals surface area contributed by atoms with Crippen LogP contribution in [-0.4, -0.2) is 0 Å². The van der Waals surface area contributed by atoms with Crippen LogP contribution >= 0.6 is 11.3 Å². The van der Waals surface area contributed by atoms with Crippen LogP contribution in [0.5, 0.6) is 0 Å². The Bertz CT molecular complexity index is 2900. The first-order valence-electron chi connectivity index (χ1n) is 17.4. The van der Waals surface area contributed by atoms with E-state index in [1.165, 1.54) is 97.0 Å². The van der Waals surface area contributed by atoms with Gasteiger partial charge in [0.25, 0.3) is 0 Å². The molecule has 0 fully saturated rings. The van der Waals surface area contributed by atoms with Crippen LogP contribution in [0.1, 0.15) is 25.0 Å². The van der Waals surface area contributed by atoms with Crippen LogP contribution in [0.15, 0.2) is 170 Å². The maximum absolute atomic E-state index is 2.48. The Morgan fingerprint density at radius 2 is 0.980 bits per heavy atom. The summed E-state index contributed by atoms with van der Waals surface area (Å²) in [5.41, 5.74) is 10.4. The highest BCUT2D eigenvalue weighted by Crippen LogP contribution is 2.57. The molecule has 0 saturated carbocycles. The monoisotopic (exact) mass is 654 g/mol. The van der Waals surface area contributed by atoms with Gasteiger partial charge in [-0.25, -0.2) is 0 Å². The van der Waals surface area contributed by atoms with Crippen LogP contribution in [0.25, 0.3) is 85.9 Å². The summed E-state index contributed by atoms with van der Waals surface area (Å²) in [7, 11) is 0. The standard InChI is InChI=1S/C49H34S/c1-49(2)43-29-28-32(30-42(43)45-39-23-11-12-24-40(39)48-46(47(45)49)41-25-13-14-27-44(41)50-48)34-18-5-3-4-6-20-37(38-22-10-9-21-35(34)38)36-26-15-17-31-16-7-8-19-33(31)36/h3-30H,1-2H3. The molecule has 0 N–H and O–H groups in total. The molecule has 0 amide bonds. The molecule has 8 aromatic carbocycles. The lowest BCUT2D eigenvalue weighted by atomic mass is 9.79. The third-order valence-corrected chi connectivity index (χ3v) is 12.1. The van der Waals surface area contributed by atoms with Crippen molar-refractivity contribution < 1.29 is 0 Å². The van der Waals surface area contributed by atoms with E-state index >= 15 is 0 Å². The number of thiophene rings is 1. The average molecular weight is 655 g/mol. The normalized spacial score (nSPS) is 13.2. The molecule has 0 saturated heterocycles. The summed E-state index contributed by atoms with van der Waals surface area (Å²) in [6.45, 7) is 4.85. The van der Waals surface area contributed by atoms with Gasteiger partial charge in [-0.3, -0.25) is 0 Å². The fourth-order valence-corrected chi connectivity index (χ4v) is 9.90. The molecule has 236 valence electrons. The summed E-state index contributed by atoms with van der Waals surface area (Å²) in [6, 6.07) is 62.7. The second-order valence-corrected chi connectivity index (χ2v) is 15.0. The van der Waals surface area contributed by atoms with Crippen molar-refractivity contribution in [2.75, 3.05) is 0 Å². The van der Waals surface area contributed by atoms with E-state index in [9.17, 15) is 0 Å². The highest BCUT2D eigenvalue weighted by atomic mass is 32.1. The lowest BCUT2D eigenvalue weighted by Crippen LogP contribution is -2.15. The van der Waals surface area contributed by atoms with Crippen LogP contribution in [-0.2, 0) is 5.41 Å². The lowest BCUT2D eigenvalue weighted by Gasteiger charge is -2.23. The Morgan fingerprint density at radius 1 is 0.420 bits per heavy atom. The quantitative estimate of drug-likeness (QED) is 0.174. The number of hydrogen-bond donors (Lipinski definition) is 0. The van der Waals surface area contributed by atoms with Gasteiger partial charge in [0.05, 0.1) is 0 Å². The summed E-state index contributed by atoms with van der Waals surface area (Å²) < 4.78 is 2.75. The summed E-state index contributed by atoms with van der Waals surface area (Å²) in [5.74, 6) is 0. The Kier molecular flexibility index (Phi) is 6.50. The highest BCUT2D eigenvalue weighted by molar-refractivity contribution is 7.26. The molecule has 0 unspecified atom stereocenters. The zero-order valence-corrected chi connectivity index (χ0v) is 28.9. The zero-order valence-electron chi connectivity index (χ0n) is 28.1. The first-order valence-corrected chi connectivity index (χ1v) is 18.3. The van der Waals surface area contributed by atoms with E-state index in [1.54, 1.807) is 0 Å². The Hall–Kier alpha value is -5.76. The summed E-state index contributed by atoms with van der Waals surface area (Å²) >= 11 is 1.93. The van der Waals surface area contributed by atoms with Gasteiger partial charge in [-0.2, -0.15) is 0 Å². The number of hydrogen-bond acceptors (Lipinski definition) is 1. The SMILES string of the molecule is CC1(C)c2ccc(-c3ccccccc(-c4cccc5ccccc45)c4ccccc34)cc2-c2c1c1c3ccccc3sc1c1ccccc21. The predicted molar refractivity (Wildman–Crippen MR) is 218 cm³/mol. The Labute approximate surface area is 296 Å². The van der Waals surface area contributed by atoms with Gasteiger partial charge in [0.2, 0.25) is 0 Å². The number of rotatable bonds is 2. The zero-order chi connectivity index (χ0) is 33.4. The van der Waals surface area contributed by atoms with E-state index < -0.39 is 0 Å². The molecule has 0 bridgehead atoms. The Morgan fingerprint density at radius 3 is 1.78 bits per heavy atom. The molecule has 0 aliphatic heterocycles. The van der Waals surface area contributed by atoms with Crippen molar-refractivity contribution in [2.45, 2.75) is 19.3 Å². The topological polar surface area (TPSA) is 0 Å². The van der Waals surface area contributed by atoms with E-state index in [0.29, 0.717) is 0 Å². The lowest BCUT2D eigenvalue weighted by molar-refractivity contribution is 0.667. The second kappa shape index (κ2) is 11.1. The third-order valence-electron chi connectivity index (χ3n) is 10.9. The summed E-state index contributed by atoms with van der Waals surface area (Å²) in [6.07, 6.45) is 0. The van der Waals surface area contributed by atoms with Crippen molar-refractivity contribution >= 4 is 63.8 Å². The minimum Gasteiger partial charge on any atom is -0.135 e. The first-order chi connectivity index (χ1) is 24.6. The highest BCUT2D eigenvalue weighted by Gasteiger charge is 2.39. The molecule has 1 aliphatic carbocycles. The molecule has 9 aromatic rings. The number of fused-ring (bicyclic) bond motifs is 12. The van der Waals surface area contributed by atoms with Gasteiger partial charge in [0.1, 0.15) is 0 Å². The molecule has 0 radical (unpaired) electrons. The van der Waals surface area contributed by atoms with Crippen LogP contribution in [0.2, 0.25) is 0 Å². The van der Waals surface area contributed by atoms with Crippen molar-refractivity contribution in [1.82, 2.24) is 0 Å². The third kappa shape index (κ3) is 4.24. The van der Waals surface area contributed by atoms with Crippen molar-refractivity contribution in [3.8, 4) is 33.4 Å². The largest absolute Gasteiger partial charge is 0.135 e. The molecule has 1 heteroatoms. The second-order valence-electron chi connectivity index (χ2n) is 14.0. The minimum absolute atomic E-state index is 0.146. The van der Waals surface area contributed by atoms with Crippen LogP contribution < -0.4 is 0 Å². The maximum Gasteiger partial charge on any atom is 0.0437 e. The van der Waals surface area contributed by atoms with Gasteiger partial charge >= 0.3 is 0 Å². The summed E-state index contributed by atoms with van der Waals surface area (Å²) in [5, 5.41) is 10.5. The van der Waals surface area contributed by atoms with Crippen molar-refractivity contribution in [3.63, 3.8) is 0 Å². The van der Waals surface area contributed by atoms with Gasteiger partial charge in [-0.05, 0) is 83.6 Å². The van der Waals surface area contributed by atoms with Crippen LogP contribution in [0.4, 0.5) is 0 Å². The van der Waals surface area contributed by atoms with Crippen molar-refractivity contribution in [2.24, 2.45) is 0 Å². The number of benzene rings is 7. The average Bonchev–Trinajstić information content (AvgIpc) is 3.65. The molecule has 0 nitrogen and oxygen atoms in total. The summed E-state index contributed by atoms with van der Waals surface area (Å²) in [4.78, 5) is 0. The van der Waals surface area contributed by atoms with Gasteiger partial charge in [-0.15, -0.1) is 11.3 Å². The smallest absolute Gasteiger partial charge is 0.0437 e. The van der Waals surface area contributed by atoms with E-state index in [2.05, 4.69) is 184 Å². The first kappa shape index (κ1) is 29.2. The van der Waals surface area contributed by atoms with E-state index in [0.717, 1.165) is 0 Å². The van der Waals surface area contributed by atoms with E-state index in [4.69, 9.17) is 0 Å². The van der Waals surface area contributed by atoms with Crippen molar-refractivity contribution in [1.29, 1.82) is 0 Å². The van der Waals surface area contributed by atoms with E-state index in [-0.39, 0.29) is 5.41 Å². The molecule has 10 rings (SSSR count). The molecule has 1 aromatic heterocycles. The molecule has 50 heavy (non-hydrogen) atoms. The van der Waals surface area contributed by atoms with Gasteiger partial charge < -0.3 is 0 Å². The fraction of sp³-hybridized carbons (Fsp3) is 0.0612. The fourth-order valence-electron chi connectivity index (χ4n) is 8.66. The predicted octanol–water partition coefficient (Wildman–Crippen LogP) is 14.3. The molecule has 1 heterocycles.